The van der Waals surface area contributed by atoms with Gasteiger partial charge < -0.3 is 5.11 Å². The Morgan fingerprint density at radius 2 is 2.16 bits per heavy atom. The first-order valence-corrected chi connectivity index (χ1v) is 6.30. The molecule has 0 aliphatic heterocycles. The van der Waals surface area contributed by atoms with Gasteiger partial charge in [0.1, 0.15) is 11.4 Å². The number of anilines is 1. The topological polar surface area (TPSA) is 125 Å². The Balaban J connectivity index is 2.38. The Hall–Kier alpha value is -2.49. The van der Waals surface area contributed by atoms with Crippen LogP contribution in [-0.2, 0) is 10.0 Å². The first kappa shape index (κ1) is 13.0. The van der Waals surface area contributed by atoms with E-state index in [0.717, 1.165) is 12.3 Å². The second kappa shape index (κ2) is 4.65. The van der Waals surface area contributed by atoms with Crippen molar-refractivity contribution in [2.45, 2.75) is 5.03 Å². The molecule has 2 heterocycles. The van der Waals surface area contributed by atoms with E-state index in [1.165, 1.54) is 12.1 Å². The SMILES string of the molecule is O=C(O)c1cn[nH]c1S(=O)(=O)Nc1cccc(F)n1. The van der Waals surface area contributed by atoms with Gasteiger partial charge in [-0.2, -0.15) is 17.9 Å². The number of aromatic amines is 1. The summed E-state index contributed by atoms with van der Waals surface area (Å²) < 4.78 is 38.6. The maximum atomic E-state index is 12.8. The molecule has 0 spiro atoms. The van der Waals surface area contributed by atoms with E-state index in [4.69, 9.17) is 5.11 Å². The number of rotatable bonds is 4. The van der Waals surface area contributed by atoms with Crippen molar-refractivity contribution in [3.8, 4) is 0 Å². The van der Waals surface area contributed by atoms with Crippen molar-refractivity contribution in [3.63, 3.8) is 0 Å². The summed E-state index contributed by atoms with van der Waals surface area (Å²) in [6.45, 7) is 0. The molecule has 0 amide bonds. The average molecular weight is 286 g/mol. The monoisotopic (exact) mass is 286 g/mol. The standard InChI is InChI=1S/C9H7FN4O4S/c10-6-2-1-3-7(12-6)14-19(17,18)8-5(9(15)16)4-11-13-8/h1-4H,(H,11,13)(H,12,14)(H,15,16). The maximum absolute atomic E-state index is 12.8. The van der Waals surface area contributed by atoms with Crippen molar-refractivity contribution >= 4 is 21.8 Å². The maximum Gasteiger partial charge on any atom is 0.340 e. The molecule has 2 aromatic heterocycles. The average Bonchev–Trinajstić information content (AvgIpc) is 2.77. The van der Waals surface area contributed by atoms with E-state index in [1.54, 1.807) is 0 Å². The van der Waals surface area contributed by atoms with Gasteiger partial charge in [-0.25, -0.2) is 9.78 Å². The van der Waals surface area contributed by atoms with Crippen LogP contribution in [0.15, 0.2) is 29.4 Å². The zero-order valence-corrected chi connectivity index (χ0v) is 9.98. The van der Waals surface area contributed by atoms with Crippen LogP contribution in [0.25, 0.3) is 0 Å². The molecule has 0 saturated carbocycles. The third-order valence-corrected chi connectivity index (χ3v) is 3.38. The summed E-state index contributed by atoms with van der Waals surface area (Å²) in [6, 6.07) is 3.51. The van der Waals surface area contributed by atoms with E-state index in [2.05, 4.69) is 15.2 Å². The van der Waals surface area contributed by atoms with Gasteiger partial charge in [-0.1, -0.05) is 6.07 Å². The van der Waals surface area contributed by atoms with Gasteiger partial charge in [-0.05, 0) is 12.1 Å². The van der Waals surface area contributed by atoms with Gasteiger partial charge in [0.25, 0.3) is 10.0 Å². The minimum absolute atomic E-state index is 0.272. The number of pyridine rings is 1. The molecule has 0 aliphatic carbocycles. The molecule has 0 aromatic carbocycles. The summed E-state index contributed by atoms with van der Waals surface area (Å²) in [6.07, 6.45) is 0.857. The van der Waals surface area contributed by atoms with Crippen molar-refractivity contribution in [1.82, 2.24) is 15.2 Å². The van der Waals surface area contributed by atoms with Crippen LogP contribution in [0.4, 0.5) is 10.2 Å². The molecule has 0 aliphatic rings. The molecule has 0 radical (unpaired) electrons. The summed E-state index contributed by atoms with van der Waals surface area (Å²) in [5.41, 5.74) is -0.524. The highest BCUT2D eigenvalue weighted by Gasteiger charge is 2.25. The predicted octanol–water partition coefficient (Wildman–Crippen LogP) is 0.443. The largest absolute Gasteiger partial charge is 0.478 e. The molecule has 100 valence electrons. The summed E-state index contributed by atoms with van der Waals surface area (Å²) in [5, 5.41) is 13.6. The fraction of sp³-hybridized carbons (Fsp3) is 0. The van der Waals surface area contributed by atoms with Crippen LogP contribution in [0.2, 0.25) is 0 Å². The number of halogens is 1. The number of nitrogens with one attached hydrogen (secondary N) is 2. The van der Waals surface area contributed by atoms with Gasteiger partial charge in [-0.3, -0.25) is 9.82 Å². The molecule has 0 unspecified atom stereocenters. The van der Waals surface area contributed by atoms with E-state index in [0.29, 0.717) is 0 Å². The molecule has 0 bridgehead atoms. The smallest absolute Gasteiger partial charge is 0.340 e. The zero-order valence-electron chi connectivity index (χ0n) is 9.16. The zero-order chi connectivity index (χ0) is 14.0. The lowest BCUT2D eigenvalue weighted by molar-refractivity contribution is 0.0692. The summed E-state index contributed by atoms with van der Waals surface area (Å²) in [4.78, 5) is 14.1. The third-order valence-electron chi connectivity index (χ3n) is 2.06. The molecule has 19 heavy (non-hydrogen) atoms. The third kappa shape index (κ3) is 2.68. The summed E-state index contributed by atoms with van der Waals surface area (Å²) in [7, 11) is -4.24. The number of hydrogen-bond acceptors (Lipinski definition) is 5. The first-order chi connectivity index (χ1) is 8.90. The lowest BCUT2D eigenvalue weighted by Crippen LogP contribution is -2.17. The summed E-state index contributed by atoms with van der Waals surface area (Å²) in [5.74, 6) is -2.60. The van der Waals surface area contributed by atoms with Crippen molar-refractivity contribution < 1.29 is 22.7 Å². The van der Waals surface area contributed by atoms with Crippen LogP contribution in [0.3, 0.4) is 0 Å². The van der Waals surface area contributed by atoms with E-state index < -0.39 is 32.5 Å². The molecule has 10 heteroatoms. The van der Waals surface area contributed by atoms with Gasteiger partial charge in [0.05, 0.1) is 6.20 Å². The lowest BCUT2D eigenvalue weighted by atomic mass is 10.4. The van der Waals surface area contributed by atoms with Crippen LogP contribution in [0, 0.1) is 5.95 Å². The summed E-state index contributed by atoms with van der Waals surface area (Å²) >= 11 is 0. The van der Waals surface area contributed by atoms with Crippen LogP contribution in [0.1, 0.15) is 10.4 Å². The van der Waals surface area contributed by atoms with Crippen molar-refractivity contribution in [3.05, 3.63) is 35.9 Å². The Bertz CT molecular complexity index is 727. The van der Waals surface area contributed by atoms with Crippen molar-refractivity contribution in [1.29, 1.82) is 0 Å². The Morgan fingerprint density at radius 1 is 1.42 bits per heavy atom. The number of carboxylic acids is 1. The number of aromatic nitrogens is 3. The molecular weight excluding hydrogens is 279 g/mol. The van der Waals surface area contributed by atoms with Gasteiger partial charge in [0, 0.05) is 0 Å². The molecule has 0 saturated heterocycles. The van der Waals surface area contributed by atoms with Crippen LogP contribution in [-0.4, -0.2) is 34.7 Å². The van der Waals surface area contributed by atoms with Crippen LogP contribution in [0.5, 0.6) is 0 Å². The molecule has 2 aromatic rings. The number of carboxylic acid groups (broad SMARTS) is 1. The Morgan fingerprint density at radius 3 is 2.79 bits per heavy atom. The highest BCUT2D eigenvalue weighted by Crippen LogP contribution is 2.16. The van der Waals surface area contributed by atoms with E-state index in [-0.39, 0.29) is 5.82 Å². The van der Waals surface area contributed by atoms with Gasteiger partial charge in [0.2, 0.25) is 5.95 Å². The number of nitrogens with zero attached hydrogens (tertiary/aromatic N) is 2. The molecule has 2 rings (SSSR count). The van der Waals surface area contributed by atoms with Gasteiger partial charge >= 0.3 is 5.97 Å². The lowest BCUT2D eigenvalue weighted by Gasteiger charge is -2.05. The minimum Gasteiger partial charge on any atom is -0.478 e. The number of hydrogen-bond donors (Lipinski definition) is 3. The fourth-order valence-electron chi connectivity index (χ4n) is 1.29. The second-order valence-corrected chi connectivity index (χ2v) is 4.99. The Labute approximate surface area is 106 Å². The van der Waals surface area contributed by atoms with Gasteiger partial charge in [0.15, 0.2) is 5.03 Å². The molecule has 8 nitrogen and oxygen atoms in total. The van der Waals surface area contributed by atoms with Crippen molar-refractivity contribution in [2.24, 2.45) is 0 Å². The van der Waals surface area contributed by atoms with Crippen LogP contribution >= 0.6 is 0 Å². The quantitative estimate of drug-likeness (QED) is 0.700. The number of carbonyl (C=O) groups is 1. The first-order valence-electron chi connectivity index (χ1n) is 4.82. The number of sulfonamides is 1. The van der Waals surface area contributed by atoms with Crippen molar-refractivity contribution in [2.75, 3.05) is 4.72 Å². The highest BCUT2D eigenvalue weighted by atomic mass is 32.2. The highest BCUT2D eigenvalue weighted by molar-refractivity contribution is 7.92. The minimum atomic E-state index is -4.24. The number of aromatic carboxylic acids is 1. The predicted molar refractivity (Wildman–Crippen MR) is 60.6 cm³/mol. The second-order valence-electron chi connectivity index (χ2n) is 3.37. The molecule has 0 fully saturated rings. The molecular formula is C9H7FN4O4S. The fourth-order valence-corrected chi connectivity index (χ4v) is 2.38. The van der Waals surface area contributed by atoms with E-state index >= 15 is 0 Å². The molecule has 3 N–H and O–H groups in total. The molecule has 0 atom stereocenters. The Kier molecular flexibility index (Phi) is 3.17. The van der Waals surface area contributed by atoms with Gasteiger partial charge in [-0.15, -0.1) is 0 Å². The number of H-pyrrole nitrogens is 1. The van der Waals surface area contributed by atoms with E-state index in [1.807, 2.05) is 4.72 Å². The van der Waals surface area contributed by atoms with Crippen LogP contribution < -0.4 is 4.72 Å². The van der Waals surface area contributed by atoms with E-state index in [9.17, 15) is 17.6 Å². The normalized spacial score (nSPS) is 11.2.